The molecule has 0 radical (unpaired) electrons. The predicted molar refractivity (Wildman–Crippen MR) is 116 cm³/mol. The van der Waals surface area contributed by atoms with Crippen molar-refractivity contribution in [2.45, 2.75) is 72.3 Å². The van der Waals surface area contributed by atoms with Gasteiger partial charge in [0.05, 0.1) is 12.7 Å². The van der Waals surface area contributed by atoms with E-state index in [0.29, 0.717) is 5.92 Å². The summed E-state index contributed by atoms with van der Waals surface area (Å²) >= 11 is 0. The predicted octanol–water partition coefficient (Wildman–Crippen LogP) is 7.52. The number of ether oxygens (including phenoxy) is 2. The molecule has 0 fully saturated rings. The molecule has 0 saturated heterocycles. The van der Waals surface area contributed by atoms with Crippen LogP contribution in [0.15, 0.2) is 48.5 Å². The molecule has 0 heterocycles. The second-order valence-corrected chi connectivity index (χ2v) is 7.65. The van der Waals surface area contributed by atoms with Gasteiger partial charge in [-0.3, -0.25) is 0 Å². The Morgan fingerprint density at radius 2 is 1.33 bits per heavy atom. The van der Waals surface area contributed by atoms with Crippen molar-refractivity contribution in [3.8, 4) is 22.6 Å². The van der Waals surface area contributed by atoms with Crippen molar-refractivity contribution in [2.75, 3.05) is 6.61 Å². The van der Waals surface area contributed by atoms with Crippen molar-refractivity contribution in [3.05, 3.63) is 48.5 Å². The highest BCUT2D eigenvalue weighted by atomic mass is 16.5. The van der Waals surface area contributed by atoms with Gasteiger partial charge < -0.3 is 9.47 Å². The zero-order valence-corrected chi connectivity index (χ0v) is 17.5. The van der Waals surface area contributed by atoms with E-state index in [1.807, 2.05) is 0 Å². The Bertz CT molecular complexity index is 630. The number of hydrogen-bond donors (Lipinski definition) is 0. The summed E-state index contributed by atoms with van der Waals surface area (Å²) in [5.41, 5.74) is 2.40. The quantitative estimate of drug-likeness (QED) is 0.361. The van der Waals surface area contributed by atoms with E-state index in [1.165, 1.54) is 36.8 Å². The highest BCUT2D eigenvalue weighted by molar-refractivity contribution is 5.64. The van der Waals surface area contributed by atoms with E-state index >= 15 is 0 Å². The lowest BCUT2D eigenvalue weighted by atomic mass is 10.1. The Morgan fingerprint density at radius 3 is 1.89 bits per heavy atom. The van der Waals surface area contributed by atoms with E-state index in [4.69, 9.17) is 9.47 Å². The van der Waals surface area contributed by atoms with Crippen LogP contribution in [0.5, 0.6) is 11.5 Å². The molecular weight excluding hydrogens is 332 g/mol. The van der Waals surface area contributed by atoms with Gasteiger partial charge in [-0.05, 0) is 61.1 Å². The lowest BCUT2D eigenvalue weighted by Gasteiger charge is -2.15. The van der Waals surface area contributed by atoms with Crippen molar-refractivity contribution in [1.29, 1.82) is 0 Å². The number of rotatable bonds is 12. The second kappa shape index (κ2) is 11.7. The van der Waals surface area contributed by atoms with Crippen LogP contribution in [0.1, 0.15) is 66.2 Å². The Kier molecular flexibility index (Phi) is 9.24. The summed E-state index contributed by atoms with van der Waals surface area (Å²) in [5, 5.41) is 0. The van der Waals surface area contributed by atoms with Crippen molar-refractivity contribution < 1.29 is 9.47 Å². The van der Waals surface area contributed by atoms with Crippen LogP contribution in [0.25, 0.3) is 11.1 Å². The summed E-state index contributed by atoms with van der Waals surface area (Å²) in [4.78, 5) is 0. The molecule has 0 bridgehead atoms. The smallest absolute Gasteiger partial charge is 0.119 e. The van der Waals surface area contributed by atoms with Crippen molar-refractivity contribution >= 4 is 0 Å². The molecule has 0 aliphatic heterocycles. The third-order valence-corrected chi connectivity index (χ3v) is 5.07. The lowest BCUT2D eigenvalue weighted by Crippen LogP contribution is -2.11. The molecule has 2 nitrogen and oxygen atoms in total. The maximum atomic E-state index is 6.05. The maximum Gasteiger partial charge on any atom is 0.119 e. The fourth-order valence-electron chi connectivity index (χ4n) is 2.98. The minimum atomic E-state index is 0.273. The van der Waals surface area contributed by atoms with Gasteiger partial charge in [0.25, 0.3) is 0 Å². The monoisotopic (exact) mass is 368 g/mol. The van der Waals surface area contributed by atoms with Crippen LogP contribution in [0.2, 0.25) is 0 Å². The summed E-state index contributed by atoms with van der Waals surface area (Å²) < 4.78 is 11.9. The van der Waals surface area contributed by atoms with Crippen molar-refractivity contribution in [2.24, 2.45) is 5.92 Å². The summed E-state index contributed by atoms with van der Waals surface area (Å²) in [6.07, 6.45) is 7.70. The number of hydrogen-bond acceptors (Lipinski definition) is 2. The molecule has 0 unspecified atom stereocenters. The Hall–Kier alpha value is -1.96. The van der Waals surface area contributed by atoms with E-state index < -0.39 is 0 Å². The van der Waals surface area contributed by atoms with Gasteiger partial charge in [0.15, 0.2) is 0 Å². The third kappa shape index (κ3) is 7.66. The topological polar surface area (TPSA) is 18.5 Å². The SMILES string of the molecule is CCCCCC[C@@H](C)Oc1ccc(-c2ccc(OC[C@@H](C)CC)cc2)cc1. The minimum absolute atomic E-state index is 0.273. The molecule has 148 valence electrons. The van der Waals surface area contributed by atoms with Crippen LogP contribution in [0.3, 0.4) is 0 Å². The Morgan fingerprint density at radius 1 is 0.741 bits per heavy atom. The average Bonchev–Trinajstić information content (AvgIpc) is 2.70. The molecule has 0 aliphatic rings. The normalized spacial score (nSPS) is 13.2. The van der Waals surface area contributed by atoms with Crippen LogP contribution < -0.4 is 9.47 Å². The van der Waals surface area contributed by atoms with Gasteiger partial charge in [0.2, 0.25) is 0 Å². The van der Waals surface area contributed by atoms with Crippen molar-refractivity contribution in [3.63, 3.8) is 0 Å². The van der Waals surface area contributed by atoms with E-state index in [2.05, 4.69) is 76.2 Å². The Labute approximate surface area is 165 Å². The first-order valence-electron chi connectivity index (χ1n) is 10.6. The lowest BCUT2D eigenvalue weighted by molar-refractivity contribution is 0.206. The molecule has 2 rings (SSSR count). The maximum absolute atomic E-state index is 6.05. The molecule has 27 heavy (non-hydrogen) atoms. The van der Waals surface area contributed by atoms with Crippen LogP contribution in [0.4, 0.5) is 0 Å². The van der Waals surface area contributed by atoms with Gasteiger partial charge in [0.1, 0.15) is 11.5 Å². The van der Waals surface area contributed by atoms with E-state index in [1.54, 1.807) is 0 Å². The van der Waals surface area contributed by atoms with Crippen molar-refractivity contribution in [1.82, 2.24) is 0 Å². The molecule has 0 amide bonds. The minimum Gasteiger partial charge on any atom is -0.493 e. The number of benzene rings is 2. The summed E-state index contributed by atoms with van der Waals surface area (Å²) in [7, 11) is 0. The number of unbranched alkanes of at least 4 members (excludes halogenated alkanes) is 3. The summed E-state index contributed by atoms with van der Waals surface area (Å²) in [6.45, 7) is 9.59. The first-order valence-corrected chi connectivity index (χ1v) is 10.6. The highest BCUT2D eigenvalue weighted by Crippen LogP contribution is 2.25. The van der Waals surface area contributed by atoms with E-state index in [0.717, 1.165) is 30.9 Å². The van der Waals surface area contributed by atoms with E-state index in [-0.39, 0.29) is 6.10 Å². The molecule has 0 spiro atoms. The van der Waals surface area contributed by atoms with Gasteiger partial charge in [-0.1, -0.05) is 70.7 Å². The molecule has 0 aromatic heterocycles. The summed E-state index contributed by atoms with van der Waals surface area (Å²) in [5.74, 6) is 2.48. The molecule has 0 N–H and O–H groups in total. The van der Waals surface area contributed by atoms with Crippen LogP contribution in [0, 0.1) is 5.92 Å². The zero-order chi connectivity index (χ0) is 19.5. The highest BCUT2D eigenvalue weighted by Gasteiger charge is 2.05. The van der Waals surface area contributed by atoms with Crippen LogP contribution >= 0.6 is 0 Å². The largest absolute Gasteiger partial charge is 0.493 e. The molecule has 0 saturated carbocycles. The first kappa shape index (κ1) is 21.3. The molecular formula is C25H36O2. The van der Waals surface area contributed by atoms with Gasteiger partial charge in [0, 0.05) is 0 Å². The standard InChI is InChI=1S/C25H36O2/c1-5-7-8-9-10-21(4)27-25-17-13-23(14-18-25)22-11-15-24(16-12-22)26-19-20(3)6-2/h11-18,20-21H,5-10,19H2,1-4H3/t20-,21+/m0/s1. The zero-order valence-electron chi connectivity index (χ0n) is 17.5. The summed E-state index contributed by atoms with van der Waals surface area (Å²) in [6, 6.07) is 16.8. The molecule has 2 atom stereocenters. The van der Waals surface area contributed by atoms with E-state index in [9.17, 15) is 0 Å². The van der Waals surface area contributed by atoms with Crippen LogP contribution in [-0.4, -0.2) is 12.7 Å². The molecule has 2 heteroatoms. The average molecular weight is 369 g/mol. The molecule has 0 aliphatic carbocycles. The second-order valence-electron chi connectivity index (χ2n) is 7.65. The van der Waals surface area contributed by atoms with Crippen LogP contribution in [-0.2, 0) is 0 Å². The molecule has 2 aromatic rings. The van der Waals surface area contributed by atoms with Gasteiger partial charge in [-0.2, -0.15) is 0 Å². The van der Waals surface area contributed by atoms with Gasteiger partial charge >= 0.3 is 0 Å². The molecule has 2 aromatic carbocycles. The Balaban J connectivity index is 1.85. The third-order valence-electron chi connectivity index (χ3n) is 5.07. The van der Waals surface area contributed by atoms with Gasteiger partial charge in [-0.15, -0.1) is 0 Å². The first-order chi connectivity index (χ1) is 13.1. The van der Waals surface area contributed by atoms with Gasteiger partial charge in [-0.25, -0.2) is 0 Å². The fourth-order valence-corrected chi connectivity index (χ4v) is 2.98. The fraction of sp³-hybridized carbons (Fsp3) is 0.520.